The highest BCUT2D eigenvalue weighted by atomic mass is 16.5. The van der Waals surface area contributed by atoms with Crippen molar-refractivity contribution >= 4 is 34.3 Å². The summed E-state index contributed by atoms with van der Waals surface area (Å²) in [4.78, 5) is 28.0. The van der Waals surface area contributed by atoms with E-state index in [1.54, 1.807) is 48.7 Å². The molecule has 0 bridgehead atoms. The Bertz CT molecular complexity index is 1310. The number of piperidine rings is 1. The Hall–Kier alpha value is -4.10. The first-order valence-electron chi connectivity index (χ1n) is 12.8. The van der Waals surface area contributed by atoms with Crippen molar-refractivity contribution in [2.75, 3.05) is 42.6 Å². The summed E-state index contributed by atoms with van der Waals surface area (Å²) in [7, 11) is 0. The molecule has 0 aliphatic carbocycles. The van der Waals surface area contributed by atoms with Gasteiger partial charge in [0.1, 0.15) is 5.75 Å². The lowest BCUT2D eigenvalue weighted by Crippen LogP contribution is -2.31. The molecule has 0 spiro atoms. The number of hydrogen-bond donors (Lipinski definition) is 3. The van der Waals surface area contributed by atoms with Crippen molar-refractivity contribution in [2.45, 2.75) is 25.7 Å². The standard InChI is InChI=1S/C30H32N4O3/c31-23-7-4-6-21(18-23)29(35)22-8-13-26-27(30(36)33-28(26)19-22)20-32-24-9-11-25(12-10-24)37-17-5-16-34-14-2-1-3-15-34/h4,6-13,18-20,32H,1-3,5,14-17,31H2,(H,33,36). The molecule has 5 rings (SSSR count). The van der Waals surface area contributed by atoms with Crippen molar-refractivity contribution in [2.24, 2.45) is 0 Å². The van der Waals surface area contributed by atoms with Gasteiger partial charge < -0.3 is 26.0 Å². The van der Waals surface area contributed by atoms with E-state index in [0.717, 1.165) is 30.0 Å². The van der Waals surface area contributed by atoms with Crippen LogP contribution in [-0.4, -0.2) is 42.8 Å². The van der Waals surface area contributed by atoms with Crippen molar-refractivity contribution in [3.05, 3.63) is 89.6 Å². The molecule has 1 fully saturated rings. The van der Waals surface area contributed by atoms with Crippen molar-refractivity contribution in [3.8, 4) is 5.75 Å². The number of amides is 1. The summed E-state index contributed by atoms with van der Waals surface area (Å²) in [6.45, 7) is 4.21. The SMILES string of the molecule is Nc1cccc(C(=O)c2ccc3c(c2)NC(=O)C3=CNc2ccc(OCCCN3CCCCC3)cc2)c1. The second kappa shape index (κ2) is 11.3. The van der Waals surface area contributed by atoms with Crippen LogP contribution < -0.4 is 21.1 Å². The normalized spacial score (nSPS) is 16.3. The summed E-state index contributed by atoms with van der Waals surface area (Å²) < 4.78 is 5.89. The monoisotopic (exact) mass is 496 g/mol. The molecule has 4 N–H and O–H groups in total. The molecule has 2 aliphatic heterocycles. The van der Waals surface area contributed by atoms with E-state index in [4.69, 9.17) is 10.5 Å². The van der Waals surface area contributed by atoms with Gasteiger partial charge in [-0.15, -0.1) is 0 Å². The maximum absolute atomic E-state index is 12.8. The molecule has 0 saturated carbocycles. The van der Waals surface area contributed by atoms with Crippen LogP contribution in [-0.2, 0) is 4.79 Å². The third-order valence-electron chi connectivity index (χ3n) is 6.79. The highest BCUT2D eigenvalue weighted by molar-refractivity contribution is 6.32. The van der Waals surface area contributed by atoms with Gasteiger partial charge in [-0.05, 0) is 74.8 Å². The largest absolute Gasteiger partial charge is 0.494 e. The fraction of sp³-hybridized carbons (Fsp3) is 0.267. The van der Waals surface area contributed by atoms with Gasteiger partial charge in [-0.1, -0.05) is 30.7 Å². The van der Waals surface area contributed by atoms with Crippen LogP contribution in [0.1, 0.15) is 47.2 Å². The smallest absolute Gasteiger partial charge is 0.257 e. The second-order valence-electron chi connectivity index (χ2n) is 9.50. The minimum atomic E-state index is -0.218. The number of ether oxygens (including phenoxy) is 1. The molecule has 190 valence electrons. The number of nitrogen functional groups attached to an aromatic ring is 1. The first-order valence-corrected chi connectivity index (χ1v) is 12.8. The fourth-order valence-corrected chi connectivity index (χ4v) is 4.79. The molecule has 0 atom stereocenters. The van der Waals surface area contributed by atoms with Crippen molar-refractivity contribution in [1.29, 1.82) is 0 Å². The number of anilines is 3. The summed E-state index contributed by atoms with van der Waals surface area (Å²) >= 11 is 0. The molecule has 7 nitrogen and oxygen atoms in total. The molecule has 2 aliphatic rings. The minimum Gasteiger partial charge on any atom is -0.494 e. The van der Waals surface area contributed by atoms with E-state index < -0.39 is 0 Å². The Labute approximate surface area is 217 Å². The number of hydrogen-bond acceptors (Lipinski definition) is 6. The summed E-state index contributed by atoms with van der Waals surface area (Å²) in [6, 6.07) is 19.8. The molecular formula is C30H32N4O3. The first-order chi connectivity index (χ1) is 18.1. The lowest BCUT2D eigenvalue weighted by Gasteiger charge is -2.26. The Morgan fingerprint density at radius 2 is 1.78 bits per heavy atom. The number of carbonyl (C=O) groups excluding carboxylic acids is 2. The van der Waals surface area contributed by atoms with E-state index in [9.17, 15) is 9.59 Å². The molecule has 7 heteroatoms. The fourth-order valence-electron chi connectivity index (χ4n) is 4.79. The van der Waals surface area contributed by atoms with E-state index in [0.29, 0.717) is 34.7 Å². The number of fused-ring (bicyclic) bond motifs is 1. The van der Waals surface area contributed by atoms with Crippen LogP contribution in [0.2, 0.25) is 0 Å². The highest BCUT2D eigenvalue weighted by Crippen LogP contribution is 2.33. The molecule has 37 heavy (non-hydrogen) atoms. The van der Waals surface area contributed by atoms with Crippen LogP contribution in [0.4, 0.5) is 17.1 Å². The number of carbonyl (C=O) groups is 2. The van der Waals surface area contributed by atoms with Gasteiger partial charge in [0.05, 0.1) is 12.2 Å². The average Bonchev–Trinajstić information content (AvgIpc) is 3.24. The van der Waals surface area contributed by atoms with Gasteiger partial charge >= 0.3 is 0 Å². The van der Waals surface area contributed by atoms with Crippen LogP contribution in [0.5, 0.6) is 5.75 Å². The van der Waals surface area contributed by atoms with Gasteiger partial charge in [0.25, 0.3) is 5.91 Å². The molecule has 3 aromatic rings. The van der Waals surface area contributed by atoms with E-state index in [1.165, 1.54) is 32.4 Å². The van der Waals surface area contributed by atoms with Crippen LogP contribution >= 0.6 is 0 Å². The van der Waals surface area contributed by atoms with Gasteiger partial charge in [0.15, 0.2) is 5.78 Å². The zero-order chi connectivity index (χ0) is 25.6. The maximum Gasteiger partial charge on any atom is 0.257 e. The number of likely N-dealkylation sites (tertiary alicyclic amines) is 1. The van der Waals surface area contributed by atoms with Gasteiger partial charge in [-0.25, -0.2) is 0 Å². The molecule has 0 aromatic heterocycles. The molecule has 3 aromatic carbocycles. The van der Waals surface area contributed by atoms with Crippen molar-refractivity contribution in [3.63, 3.8) is 0 Å². The van der Waals surface area contributed by atoms with Crippen LogP contribution in [0, 0.1) is 0 Å². The lowest BCUT2D eigenvalue weighted by atomic mass is 9.99. The number of rotatable bonds is 9. The third-order valence-corrected chi connectivity index (χ3v) is 6.79. The quantitative estimate of drug-likeness (QED) is 0.164. The molecule has 0 unspecified atom stereocenters. The Kier molecular flexibility index (Phi) is 7.51. The Morgan fingerprint density at radius 3 is 2.57 bits per heavy atom. The molecular weight excluding hydrogens is 464 g/mol. The Morgan fingerprint density at radius 1 is 1.00 bits per heavy atom. The third kappa shape index (κ3) is 6.01. The summed E-state index contributed by atoms with van der Waals surface area (Å²) in [6.07, 6.45) is 6.68. The number of benzene rings is 3. The number of nitrogens with two attached hydrogens (primary N) is 1. The predicted molar refractivity (Wildman–Crippen MR) is 148 cm³/mol. The van der Waals surface area contributed by atoms with E-state index in [1.807, 2.05) is 24.3 Å². The van der Waals surface area contributed by atoms with Crippen molar-refractivity contribution < 1.29 is 14.3 Å². The van der Waals surface area contributed by atoms with Gasteiger partial charge in [0, 0.05) is 46.5 Å². The zero-order valence-electron chi connectivity index (χ0n) is 20.8. The lowest BCUT2D eigenvalue weighted by molar-refractivity contribution is -0.110. The summed E-state index contributed by atoms with van der Waals surface area (Å²) in [5.74, 6) is 0.469. The van der Waals surface area contributed by atoms with Gasteiger partial charge in [-0.2, -0.15) is 0 Å². The topological polar surface area (TPSA) is 96.7 Å². The van der Waals surface area contributed by atoms with E-state index in [-0.39, 0.29) is 11.7 Å². The molecule has 0 radical (unpaired) electrons. The average molecular weight is 497 g/mol. The number of nitrogens with zero attached hydrogens (tertiary/aromatic N) is 1. The van der Waals surface area contributed by atoms with Crippen LogP contribution in [0.25, 0.3) is 5.57 Å². The number of nitrogens with one attached hydrogen (secondary N) is 2. The van der Waals surface area contributed by atoms with Crippen molar-refractivity contribution in [1.82, 2.24) is 4.90 Å². The maximum atomic E-state index is 12.8. The highest BCUT2D eigenvalue weighted by Gasteiger charge is 2.25. The number of ketones is 1. The second-order valence-corrected chi connectivity index (χ2v) is 9.50. The molecule has 1 amide bonds. The van der Waals surface area contributed by atoms with Crippen LogP contribution in [0.15, 0.2) is 72.9 Å². The van der Waals surface area contributed by atoms with Gasteiger partial charge in [-0.3, -0.25) is 9.59 Å². The predicted octanol–water partition coefficient (Wildman–Crippen LogP) is 5.16. The summed E-state index contributed by atoms with van der Waals surface area (Å²) in [5.41, 5.74) is 10.1. The zero-order valence-corrected chi connectivity index (χ0v) is 20.8. The van der Waals surface area contributed by atoms with E-state index >= 15 is 0 Å². The van der Waals surface area contributed by atoms with Gasteiger partial charge in [0.2, 0.25) is 0 Å². The van der Waals surface area contributed by atoms with Crippen LogP contribution in [0.3, 0.4) is 0 Å². The summed E-state index contributed by atoms with van der Waals surface area (Å²) in [5, 5.41) is 6.05. The molecule has 1 saturated heterocycles. The Balaban J connectivity index is 1.18. The minimum absolute atomic E-state index is 0.145. The first kappa shape index (κ1) is 24.6. The van der Waals surface area contributed by atoms with E-state index in [2.05, 4.69) is 15.5 Å². The molecule has 2 heterocycles.